The number of aliphatic carboxylic acids is 1. The molecule has 6 nitrogen and oxygen atoms in total. The summed E-state index contributed by atoms with van der Waals surface area (Å²) in [6.07, 6.45) is 0.202. The molecule has 0 bridgehead atoms. The fraction of sp³-hybridized carbons (Fsp3) is 0.100. The van der Waals surface area contributed by atoms with Crippen LogP contribution in [0.5, 0.6) is 0 Å². The van der Waals surface area contributed by atoms with Gasteiger partial charge in [0.05, 0.1) is 10.2 Å². The van der Waals surface area contributed by atoms with E-state index in [1.54, 1.807) is 12.1 Å². The summed E-state index contributed by atoms with van der Waals surface area (Å²) in [7, 11) is 0. The largest absolute Gasteiger partial charge is 0.480 e. The number of amides is 1. The topological polar surface area (TPSA) is 91.3 Å². The number of nitrogens with zero attached hydrogens (tertiary/aromatic N) is 1. The van der Waals surface area contributed by atoms with Crippen molar-refractivity contribution in [1.82, 2.24) is 10.3 Å². The van der Waals surface area contributed by atoms with E-state index >= 15 is 0 Å². The van der Waals surface area contributed by atoms with Crippen molar-refractivity contribution in [2.45, 2.75) is 19.4 Å². The number of anilines is 2. The first-order valence-corrected chi connectivity index (χ1v) is 12.8. The van der Waals surface area contributed by atoms with Gasteiger partial charge in [0.2, 0.25) is 0 Å². The Morgan fingerprint density at radius 2 is 1.68 bits per heavy atom. The van der Waals surface area contributed by atoms with Gasteiger partial charge in [0.15, 0.2) is 5.13 Å². The average molecular weight is 526 g/mol. The van der Waals surface area contributed by atoms with E-state index in [9.17, 15) is 19.1 Å². The van der Waals surface area contributed by atoms with Crippen molar-refractivity contribution in [3.8, 4) is 11.1 Å². The van der Waals surface area contributed by atoms with E-state index in [1.165, 1.54) is 23.5 Å². The molecule has 0 saturated carbocycles. The number of aryl methyl sites for hydroxylation is 1. The van der Waals surface area contributed by atoms with Gasteiger partial charge in [0.1, 0.15) is 11.9 Å². The third-order valence-electron chi connectivity index (χ3n) is 6.18. The Balaban J connectivity index is 1.27. The second kappa shape index (κ2) is 10.8. The molecule has 1 heterocycles. The van der Waals surface area contributed by atoms with Crippen LogP contribution >= 0.6 is 11.3 Å². The van der Waals surface area contributed by atoms with Crippen molar-refractivity contribution >= 4 is 44.2 Å². The predicted octanol–water partition coefficient (Wildman–Crippen LogP) is 6.58. The van der Waals surface area contributed by atoms with Gasteiger partial charge in [-0.05, 0) is 65.6 Å². The fourth-order valence-corrected chi connectivity index (χ4v) is 5.12. The normalized spacial score (nSPS) is 11.7. The molecule has 0 spiro atoms. The number of carbonyl (C=O) groups excluding carboxylic acids is 1. The molecule has 1 aromatic heterocycles. The highest BCUT2D eigenvalue weighted by Crippen LogP contribution is 2.30. The van der Waals surface area contributed by atoms with Crippen LogP contribution in [0.15, 0.2) is 91.0 Å². The molecule has 5 aromatic rings. The van der Waals surface area contributed by atoms with E-state index in [-0.39, 0.29) is 12.2 Å². The lowest BCUT2D eigenvalue weighted by Crippen LogP contribution is -2.42. The maximum Gasteiger partial charge on any atom is 0.326 e. The van der Waals surface area contributed by atoms with Gasteiger partial charge in [-0.3, -0.25) is 4.79 Å². The molecule has 0 radical (unpaired) electrons. The maximum absolute atomic E-state index is 13.5. The SMILES string of the molecule is Cc1cc(-c2ccc(Nc3nc4ccc(F)cc4s3)cc2)ccc1C(=O)N[C@@H](Cc1ccccc1)C(=O)O. The van der Waals surface area contributed by atoms with Crippen LogP contribution in [0.25, 0.3) is 21.3 Å². The smallest absolute Gasteiger partial charge is 0.326 e. The minimum absolute atomic E-state index is 0.202. The molecule has 190 valence electrons. The summed E-state index contributed by atoms with van der Waals surface area (Å²) in [5.74, 6) is -1.79. The van der Waals surface area contributed by atoms with E-state index < -0.39 is 17.9 Å². The predicted molar refractivity (Wildman–Crippen MR) is 149 cm³/mol. The van der Waals surface area contributed by atoms with Gasteiger partial charge >= 0.3 is 5.97 Å². The van der Waals surface area contributed by atoms with E-state index in [0.717, 1.165) is 38.2 Å². The second-order valence-electron chi connectivity index (χ2n) is 8.92. The van der Waals surface area contributed by atoms with Crippen LogP contribution in [0.4, 0.5) is 15.2 Å². The number of aromatic nitrogens is 1. The fourth-order valence-electron chi connectivity index (χ4n) is 4.21. The number of carbonyl (C=O) groups is 2. The molecule has 3 N–H and O–H groups in total. The summed E-state index contributed by atoms with van der Waals surface area (Å²) < 4.78 is 14.2. The number of carboxylic acid groups (broad SMARTS) is 1. The number of fused-ring (bicyclic) bond motifs is 1. The van der Waals surface area contributed by atoms with Gasteiger partial charge in [-0.25, -0.2) is 14.2 Å². The summed E-state index contributed by atoms with van der Waals surface area (Å²) in [5, 5.41) is 16.2. The average Bonchev–Trinajstić information content (AvgIpc) is 3.30. The van der Waals surface area contributed by atoms with Crippen molar-refractivity contribution in [3.05, 3.63) is 114 Å². The number of thiazole rings is 1. The van der Waals surface area contributed by atoms with Crippen molar-refractivity contribution in [2.75, 3.05) is 5.32 Å². The quantitative estimate of drug-likeness (QED) is 0.213. The molecule has 38 heavy (non-hydrogen) atoms. The summed E-state index contributed by atoms with van der Waals surface area (Å²) in [4.78, 5) is 29.2. The summed E-state index contributed by atoms with van der Waals surface area (Å²) in [5.41, 5.74) is 5.49. The van der Waals surface area contributed by atoms with Gasteiger partial charge in [-0.15, -0.1) is 0 Å². The Hall–Kier alpha value is -4.56. The van der Waals surface area contributed by atoms with Crippen LogP contribution in [0, 0.1) is 12.7 Å². The van der Waals surface area contributed by atoms with Gasteiger partial charge in [0, 0.05) is 17.7 Å². The van der Waals surface area contributed by atoms with Crippen LogP contribution in [0.2, 0.25) is 0 Å². The Labute approximate surface area is 222 Å². The number of carboxylic acids is 1. The molecule has 0 aliphatic carbocycles. The number of halogens is 1. The number of hydrogen-bond acceptors (Lipinski definition) is 5. The van der Waals surface area contributed by atoms with Gasteiger partial charge in [-0.1, -0.05) is 65.9 Å². The first-order chi connectivity index (χ1) is 18.4. The zero-order chi connectivity index (χ0) is 26.6. The van der Waals surface area contributed by atoms with E-state index in [2.05, 4.69) is 15.6 Å². The third-order valence-corrected chi connectivity index (χ3v) is 7.11. The van der Waals surface area contributed by atoms with Crippen molar-refractivity contribution in [3.63, 3.8) is 0 Å². The first kappa shape index (κ1) is 25.1. The zero-order valence-electron chi connectivity index (χ0n) is 20.4. The summed E-state index contributed by atoms with van der Waals surface area (Å²) in [6.45, 7) is 1.83. The van der Waals surface area contributed by atoms with E-state index in [0.29, 0.717) is 10.7 Å². The van der Waals surface area contributed by atoms with Crippen molar-refractivity contribution in [2.24, 2.45) is 0 Å². The third kappa shape index (κ3) is 5.71. The molecule has 4 aromatic carbocycles. The van der Waals surface area contributed by atoms with Crippen molar-refractivity contribution < 1.29 is 19.1 Å². The standard InChI is InChI=1S/C30H24FN3O3S/c1-18-15-21(9-13-24(18)28(35)33-26(29(36)37)16-19-5-3-2-4-6-19)20-7-11-23(12-8-20)32-30-34-25-14-10-22(31)17-27(25)38-30/h2-15,17,26H,16H2,1H3,(H,32,34)(H,33,35)(H,36,37)/t26-/m0/s1. The van der Waals surface area contributed by atoms with Crippen LogP contribution in [-0.4, -0.2) is 28.0 Å². The second-order valence-corrected chi connectivity index (χ2v) is 9.95. The van der Waals surface area contributed by atoms with E-state index in [1.807, 2.05) is 73.7 Å². The molecular formula is C30H24FN3O3S. The van der Waals surface area contributed by atoms with Crippen LogP contribution in [-0.2, 0) is 11.2 Å². The minimum Gasteiger partial charge on any atom is -0.480 e. The molecule has 5 rings (SSSR count). The van der Waals surface area contributed by atoms with Crippen LogP contribution in [0.1, 0.15) is 21.5 Å². The molecule has 0 aliphatic heterocycles. The molecular weight excluding hydrogens is 501 g/mol. The van der Waals surface area contributed by atoms with Gasteiger partial charge in [0.25, 0.3) is 5.91 Å². The Bertz CT molecular complexity index is 1620. The van der Waals surface area contributed by atoms with Crippen molar-refractivity contribution in [1.29, 1.82) is 0 Å². The lowest BCUT2D eigenvalue weighted by Gasteiger charge is -2.16. The maximum atomic E-state index is 13.5. The van der Waals surface area contributed by atoms with Gasteiger partial charge < -0.3 is 15.7 Å². The molecule has 1 atom stereocenters. The monoisotopic (exact) mass is 525 g/mol. The summed E-state index contributed by atoms with van der Waals surface area (Å²) >= 11 is 1.38. The molecule has 0 fully saturated rings. The Kier molecular flexibility index (Phi) is 7.15. The van der Waals surface area contributed by atoms with Gasteiger partial charge in [-0.2, -0.15) is 0 Å². The highest BCUT2D eigenvalue weighted by atomic mass is 32.1. The molecule has 0 aliphatic rings. The number of nitrogens with one attached hydrogen (secondary N) is 2. The zero-order valence-corrected chi connectivity index (χ0v) is 21.3. The highest BCUT2D eigenvalue weighted by molar-refractivity contribution is 7.22. The van der Waals surface area contributed by atoms with Crippen LogP contribution < -0.4 is 10.6 Å². The molecule has 0 unspecified atom stereocenters. The minimum atomic E-state index is -1.08. The highest BCUT2D eigenvalue weighted by Gasteiger charge is 2.22. The van der Waals surface area contributed by atoms with E-state index in [4.69, 9.17) is 0 Å². The molecule has 0 saturated heterocycles. The number of benzene rings is 4. The lowest BCUT2D eigenvalue weighted by molar-refractivity contribution is -0.139. The Morgan fingerprint density at radius 3 is 2.39 bits per heavy atom. The number of hydrogen-bond donors (Lipinski definition) is 3. The molecule has 1 amide bonds. The van der Waals surface area contributed by atoms with Crippen LogP contribution in [0.3, 0.4) is 0 Å². The number of rotatable bonds is 8. The lowest BCUT2D eigenvalue weighted by atomic mass is 9.98. The first-order valence-electron chi connectivity index (χ1n) is 12.0. The Morgan fingerprint density at radius 1 is 0.947 bits per heavy atom. The molecule has 8 heteroatoms. The summed E-state index contributed by atoms with van der Waals surface area (Å²) in [6, 6.07) is 26.0.